The molecule has 0 aliphatic carbocycles. The van der Waals surface area contributed by atoms with Crippen molar-refractivity contribution in [1.29, 1.82) is 0 Å². The molecular weight excluding hydrogens is 238 g/mol. The third kappa shape index (κ3) is 3.19. The number of carbonyl (C=O) groups excluding carboxylic acids is 1. The van der Waals surface area contributed by atoms with E-state index in [1.165, 1.54) is 0 Å². The summed E-state index contributed by atoms with van der Waals surface area (Å²) in [6, 6.07) is 7.45. The van der Waals surface area contributed by atoms with Crippen molar-refractivity contribution >= 4 is 17.5 Å². The molecule has 17 heavy (non-hydrogen) atoms. The maximum atomic E-state index is 11.3. The number of primary amides is 1. The second-order valence-corrected chi connectivity index (χ2v) is 4.66. The first kappa shape index (κ1) is 12.4. The first-order valence-electron chi connectivity index (χ1n) is 5.65. The highest BCUT2D eigenvalue weighted by atomic mass is 35.5. The Bertz CT molecular complexity index is 393. The number of nitrogens with zero attached hydrogens (tertiary/aromatic N) is 1. The van der Waals surface area contributed by atoms with Gasteiger partial charge < -0.3 is 11.1 Å². The molecule has 0 radical (unpaired) electrons. The molecule has 1 amide bonds. The average Bonchev–Trinajstić information content (AvgIpc) is 2.32. The maximum Gasteiger partial charge on any atom is 0.236 e. The zero-order chi connectivity index (χ0) is 12.3. The summed E-state index contributed by atoms with van der Waals surface area (Å²) in [5.41, 5.74) is 6.53. The fourth-order valence-corrected chi connectivity index (χ4v) is 2.17. The number of nitrogens with one attached hydrogen (secondary N) is 1. The van der Waals surface area contributed by atoms with E-state index in [1.807, 2.05) is 24.3 Å². The van der Waals surface area contributed by atoms with Gasteiger partial charge in [-0.25, -0.2) is 0 Å². The van der Waals surface area contributed by atoms with Crippen molar-refractivity contribution < 1.29 is 4.79 Å². The predicted molar refractivity (Wildman–Crippen MR) is 67.7 cm³/mol. The fraction of sp³-hybridized carbons (Fsp3) is 0.417. The normalized spacial score (nSPS) is 21.4. The van der Waals surface area contributed by atoms with E-state index in [0.717, 1.165) is 30.2 Å². The van der Waals surface area contributed by atoms with Crippen molar-refractivity contribution in [2.45, 2.75) is 12.6 Å². The van der Waals surface area contributed by atoms with Gasteiger partial charge in [0.25, 0.3) is 0 Å². The summed E-state index contributed by atoms with van der Waals surface area (Å²) in [6.07, 6.45) is 0. The number of nitrogens with two attached hydrogens (primary N) is 1. The largest absolute Gasteiger partial charge is 0.368 e. The monoisotopic (exact) mass is 253 g/mol. The van der Waals surface area contributed by atoms with Crippen LogP contribution in [-0.2, 0) is 11.3 Å². The number of piperazine rings is 1. The highest BCUT2D eigenvalue weighted by Gasteiger charge is 2.26. The Hall–Kier alpha value is -1.10. The number of halogens is 1. The van der Waals surface area contributed by atoms with Crippen LogP contribution in [0.25, 0.3) is 0 Å². The minimum absolute atomic E-state index is 0.223. The third-order valence-corrected chi connectivity index (χ3v) is 3.23. The lowest BCUT2D eigenvalue weighted by atomic mass is 10.1. The van der Waals surface area contributed by atoms with Crippen molar-refractivity contribution in [2.24, 2.45) is 5.73 Å². The molecule has 0 bridgehead atoms. The molecule has 1 aliphatic heterocycles. The number of hydrogen-bond acceptors (Lipinski definition) is 3. The van der Waals surface area contributed by atoms with E-state index in [9.17, 15) is 4.79 Å². The third-order valence-electron chi connectivity index (χ3n) is 2.98. The Morgan fingerprint density at radius 1 is 1.47 bits per heavy atom. The molecule has 4 nitrogen and oxygen atoms in total. The Morgan fingerprint density at radius 3 is 2.82 bits per heavy atom. The van der Waals surface area contributed by atoms with Crippen LogP contribution < -0.4 is 11.1 Å². The van der Waals surface area contributed by atoms with Crippen molar-refractivity contribution in [1.82, 2.24) is 10.2 Å². The minimum atomic E-state index is -0.272. The number of carbonyl (C=O) groups is 1. The number of rotatable bonds is 3. The smallest absolute Gasteiger partial charge is 0.236 e. The van der Waals surface area contributed by atoms with Crippen molar-refractivity contribution in [2.75, 3.05) is 19.6 Å². The summed E-state index contributed by atoms with van der Waals surface area (Å²) >= 11 is 5.84. The van der Waals surface area contributed by atoms with Gasteiger partial charge in [0.05, 0.1) is 0 Å². The van der Waals surface area contributed by atoms with Gasteiger partial charge in [0.2, 0.25) is 5.91 Å². The highest BCUT2D eigenvalue weighted by Crippen LogP contribution is 2.13. The van der Waals surface area contributed by atoms with E-state index < -0.39 is 0 Å². The Balaban J connectivity index is 2.05. The first-order valence-corrected chi connectivity index (χ1v) is 6.03. The van der Waals surface area contributed by atoms with Crippen molar-refractivity contribution in [3.05, 3.63) is 34.9 Å². The van der Waals surface area contributed by atoms with Crippen LogP contribution in [0.15, 0.2) is 24.3 Å². The summed E-state index contributed by atoms with van der Waals surface area (Å²) in [5.74, 6) is -0.272. The molecule has 1 aliphatic rings. The number of amides is 1. The Morgan fingerprint density at radius 2 is 2.18 bits per heavy atom. The minimum Gasteiger partial charge on any atom is -0.368 e. The van der Waals surface area contributed by atoms with Crippen LogP contribution in [0.5, 0.6) is 0 Å². The van der Waals surface area contributed by atoms with Gasteiger partial charge >= 0.3 is 0 Å². The van der Waals surface area contributed by atoms with Crippen LogP contribution in [0, 0.1) is 0 Å². The molecule has 5 heteroatoms. The molecule has 1 aromatic carbocycles. The van der Waals surface area contributed by atoms with Gasteiger partial charge in [-0.2, -0.15) is 0 Å². The molecule has 1 heterocycles. The van der Waals surface area contributed by atoms with Gasteiger partial charge in [0, 0.05) is 31.2 Å². The molecule has 1 atom stereocenters. The zero-order valence-electron chi connectivity index (χ0n) is 9.53. The van der Waals surface area contributed by atoms with Gasteiger partial charge in [-0.05, 0) is 17.7 Å². The molecule has 1 saturated heterocycles. The van der Waals surface area contributed by atoms with Gasteiger partial charge in [-0.1, -0.05) is 23.7 Å². The molecular formula is C12H16ClN3O. The lowest BCUT2D eigenvalue weighted by molar-refractivity contribution is -0.124. The van der Waals surface area contributed by atoms with Crippen LogP contribution in [0.3, 0.4) is 0 Å². The molecule has 1 fully saturated rings. The lowest BCUT2D eigenvalue weighted by Crippen LogP contribution is -2.56. The second kappa shape index (κ2) is 5.49. The van der Waals surface area contributed by atoms with E-state index in [1.54, 1.807) is 0 Å². The standard InChI is InChI=1S/C12H16ClN3O/c13-10-3-1-9(2-4-10)8-16-6-5-15-7-11(16)12(14)17/h1-4,11,15H,5-8H2,(H2,14,17). The van der Waals surface area contributed by atoms with Crippen LogP contribution in [0.1, 0.15) is 5.56 Å². The van der Waals surface area contributed by atoms with E-state index in [-0.39, 0.29) is 11.9 Å². The maximum absolute atomic E-state index is 11.3. The van der Waals surface area contributed by atoms with E-state index in [0.29, 0.717) is 6.54 Å². The van der Waals surface area contributed by atoms with Gasteiger partial charge in [0.1, 0.15) is 6.04 Å². The summed E-state index contributed by atoms with van der Waals surface area (Å²) in [7, 11) is 0. The molecule has 2 rings (SSSR count). The zero-order valence-corrected chi connectivity index (χ0v) is 10.3. The second-order valence-electron chi connectivity index (χ2n) is 4.22. The molecule has 0 spiro atoms. The summed E-state index contributed by atoms with van der Waals surface area (Å²) in [6.45, 7) is 3.07. The molecule has 0 saturated carbocycles. The SMILES string of the molecule is NC(=O)C1CNCCN1Cc1ccc(Cl)cc1. The molecule has 0 aromatic heterocycles. The molecule has 92 valence electrons. The van der Waals surface area contributed by atoms with Crippen LogP contribution in [0.4, 0.5) is 0 Å². The average molecular weight is 254 g/mol. The van der Waals surface area contributed by atoms with Crippen LogP contribution in [-0.4, -0.2) is 36.5 Å². The van der Waals surface area contributed by atoms with Gasteiger partial charge in [0.15, 0.2) is 0 Å². The molecule has 3 N–H and O–H groups in total. The Labute approximate surface area is 106 Å². The Kier molecular flexibility index (Phi) is 3.99. The van der Waals surface area contributed by atoms with E-state index >= 15 is 0 Å². The number of benzene rings is 1. The highest BCUT2D eigenvalue weighted by molar-refractivity contribution is 6.30. The molecule has 1 aromatic rings. The molecule has 1 unspecified atom stereocenters. The topological polar surface area (TPSA) is 58.4 Å². The van der Waals surface area contributed by atoms with Crippen molar-refractivity contribution in [3.63, 3.8) is 0 Å². The van der Waals surface area contributed by atoms with Crippen LogP contribution in [0.2, 0.25) is 5.02 Å². The van der Waals surface area contributed by atoms with Gasteiger partial charge in [-0.15, -0.1) is 0 Å². The quantitative estimate of drug-likeness (QED) is 0.830. The van der Waals surface area contributed by atoms with Crippen LogP contribution >= 0.6 is 11.6 Å². The van der Waals surface area contributed by atoms with Crippen molar-refractivity contribution in [3.8, 4) is 0 Å². The summed E-state index contributed by atoms with van der Waals surface area (Å²) in [4.78, 5) is 13.4. The predicted octanol–water partition coefficient (Wildman–Crippen LogP) is 0.599. The fourth-order valence-electron chi connectivity index (χ4n) is 2.04. The summed E-state index contributed by atoms with van der Waals surface area (Å²) in [5, 5.41) is 3.90. The van der Waals surface area contributed by atoms with Gasteiger partial charge in [-0.3, -0.25) is 9.69 Å². The first-order chi connectivity index (χ1) is 8.16. The lowest BCUT2D eigenvalue weighted by Gasteiger charge is -2.34. The summed E-state index contributed by atoms with van der Waals surface area (Å²) < 4.78 is 0. The van der Waals surface area contributed by atoms with E-state index in [4.69, 9.17) is 17.3 Å². The number of hydrogen-bond donors (Lipinski definition) is 2. The van der Waals surface area contributed by atoms with E-state index in [2.05, 4.69) is 10.2 Å².